The van der Waals surface area contributed by atoms with Crippen LogP contribution in [-0.4, -0.2) is 14.1 Å². The Bertz CT molecular complexity index is 614. The third-order valence-corrected chi connectivity index (χ3v) is 2.57. The Morgan fingerprint density at radius 2 is 1.88 bits per heavy atom. The van der Waals surface area contributed by atoms with Gasteiger partial charge in [0, 0.05) is 31.2 Å². The molecule has 5 nitrogen and oxygen atoms in total. The van der Waals surface area contributed by atoms with Gasteiger partial charge in [0.1, 0.15) is 0 Å². The average molecular weight is 231 g/mol. The number of hydrogen-bond donors (Lipinski definition) is 0. The Morgan fingerprint density at radius 1 is 1.18 bits per heavy atom. The van der Waals surface area contributed by atoms with Crippen LogP contribution in [0.2, 0.25) is 0 Å². The van der Waals surface area contributed by atoms with Crippen LogP contribution in [0, 0.1) is 0 Å². The lowest BCUT2D eigenvalue weighted by atomic mass is 10.3. The molecule has 17 heavy (non-hydrogen) atoms. The first-order valence-electron chi connectivity index (χ1n) is 5.41. The number of aryl methyl sites for hydroxylation is 1. The second-order valence-electron chi connectivity index (χ2n) is 3.66. The summed E-state index contributed by atoms with van der Waals surface area (Å²) in [6.07, 6.45) is 4.80. The summed E-state index contributed by atoms with van der Waals surface area (Å²) in [7, 11) is 0. The molecular formula is C12H13N3O2. The molecule has 0 spiro atoms. The maximum atomic E-state index is 11.9. The van der Waals surface area contributed by atoms with E-state index in [4.69, 9.17) is 0 Å². The lowest BCUT2D eigenvalue weighted by Gasteiger charge is -2.07. The minimum Gasteiger partial charge on any atom is -0.301 e. The molecule has 0 aliphatic carbocycles. The topological polar surface area (TPSA) is 56.9 Å². The quantitative estimate of drug-likeness (QED) is 0.771. The number of pyridine rings is 1. The molecule has 2 rings (SSSR count). The van der Waals surface area contributed by atoms with Gasteiger partial charge in [-0.05, 0) is 24.6 Å². The van der Waals surface area contributed by atoms with Crippen molar-refractivity contribution in [2.24, 2.45) is 0 Å². The van der Waals surface area contributed by atoms with Gasteiger partial charge in [0.2, 0.25) is 0 Å². The van der Waals surface area contributed by atoms with Crippen LogP contribution in [0.15, 0.2) is 46.4 Å². The van der Waals surface area contributed by atoms with E-state index >= 15 is 0 Å². The number of rotatable bonds is 3. The predicted molar refractivity (Wildman–Crippen MR) is 64.0 cm³/mol. The van der Waals surface area contributed by atoms with E-state index in [9.17, 15) is 9.59 Å². The summed E-state index contributed by atoms with van der Waals surface area (Å²) in [5, 5.41) is 0. The molecule has 0 unspecified atom stereocenters. The third-order valence-electron chi connectivity index (χ3n) is 2.57. The highest BCUT2D eigenvalue weighted by Gasteiger charge is 2.04. The lowest BCUT2D eigenvalue weighted by Crippen LogP contribution is -2.38. The normalized spacial score (nSPS) is 10.4. The number of aromatic nitrogens is 3. The van der Waals surface area contributed by atoms with Crippen molar-refractivity contribution in [1.82, 2.24) is 14.1 Å². The molecule has 0 radical (unpaired) electrons. The van der Waals surface area contributed by atoms with Gasteiger partial charge >= 0.3 is 5.69 Å². The third kappa shape index (κ3) is 2.33. The zero-order valence-electron chi connectivity index (χ0n) is 9.54. The molecule has 0 fully saturated rings. The van der Waals surface area contributed by atoms with E-state index in [1.54, 1.807) is 24.5 Å². The first-order chi connectivity index (χ1) is 8.22. The summed E-state index contributed by atoms with van der Waals surface area (Å²) in [6.45, 7) is 2.69. The number of nitrogens with zero attached hydrogens (tertiary/aromatic N) is 3. The molecule has 0 aliphatic heterocycles. The van der Waals surface area contributed by atoms with Gasteiger partial charge in [0.15, 0.2) is 0 Å². The lowest BCUT2D eigenvalue weighted by molar-refractivity contribution is 0.600. The van der Waals surface area contributed by atoms with Crippen molar-refractivity contribution in [1.29, 1.82) is 0 Å². The number of hydrogen-bond acceptors (Lipinski definition) is 3. The van der Waals surface area contributed by atoms with Crippen LogP contribution < -0.4 is 11.2 Å². The van der Waals surface area contributed by atoms with Gasteiger partial charge in [-0.1, -0.05) is 0 Å². The fourth-order valence-corrected chi connectivity index (χ4v) is 1.61. The molecule has 2 aromatic rings. The molecule has 2 heterocycles. The molecule has 2 aromatic heterocycles. The summed E-state index contributed by atoms with van der Waals surface area (Å²) >= 11 is 0. The zero-order valence-corrected chi connectivity index (χ0v) is 9.54. The summed E-state index contributed by atoms with van der Waals surface area (Å²) in [5.41, 5.74) is 0.321. The Balaban J connectivity index is 2.46. The summed E-state index contributed by atoms with van der Waals surface area (Å²) in [6, 6.07) is 4.98. The van der Waals surface area contributed by atoms with E-state index in [2.05, 4.69) is 4.98 Å². The minimum atomic E-state index is -0.281. The van der Waals surface area contributed by atoms with Crippen LogP contribution in [0.25, 0.3) is 0 Å². The molecule has 5 heteroatoms. The molecule has 0 aromatic carbocycles. The molecular weight excluding hydrogens is 218 g/mol. The van der Waals surface area contributed by atoms with Crippen molar-refractivity contribution in [3.8, 4) is 0 Å². The second kappa shape index (κ2) is 4.78. The van der Waals surface area contributed by atoms with Crippen LogP contribution in [-0.2, 0) is 13.1 Å². The van der Waals surface area contributed by atoms with E-state index in [0.717, 1.165) is 5.56 Å². The van der Waals surface area contributed by atoms with Crippen LogP contribution in [0.3, 0.4) is 0 Å². The molecule has 0 bridgehead atoms. The maximum absolute atomic E-state index is 11.9. The van der Waals surface area contributed by atoms with Gasteiger partial charge in [0.05, 0.1) is 6.54 Å². The van der Waals surface area contributed by atoms with Crippen molar-refractivity contribution in [3.63, 3.8) is 0 Å². The molecule has 0 saturated heterocycles. The van der Waals surface area contributed by atoms with Crippen molar-refractivity contribution in [3.05, 3.63) is 63.2 Å². The molecule has 0 aliphatic rings. The monoisotopic (exact) mass is 231 g/mol. The first kappa shape index (κ1) is 11.3. The fourth-order valence-electron chi connectivity index (χ4n) is 1.61. The van der Waals surface area contributed by atoms with Crippen molar-refractivity contribution in [2.45, 2.75) is 20.0 Å². The minimum absolute atomic E-state index is 0.279. The smallest absolute Gasteiger partial charge is 0.301 e. The van der Waals surface area contributed by atoms with Crippen LogP contribution in [0.4, 0.5) is 0 Å². The van der Waals surface area contributed by atoms with Gasteiger partial charge in [-0.3, -0.25) is 14.3 Å². The first-order valence-corrected chi connectivity index (χ1v) is 5.41. The average Bonchev–Trinajstić information content (AvgIpc) is 2.36. The maximum Gasteiger partial charge on any atom is 0.331 e. The molecule has 0 N–H and O–H groups in total. The summed E-state index contributed by atoms with van der Waals surface area (Å²) in [5.74, 6) is 0. The van der Waals surface area contributed by atoms with Crippen molar-refractivity contribution < 1.29 is 0 Å². The molecule has 0 amide bonds. The molecule has 88 valence electrons. The Morgan fingerprint density at radius 3 is 2.53 bits per heavy atom. The largest absolute Gasteiger partial charge is 0.331 e. The van der Waals surface area contributed by atoms with Crippen LogP contribution >= 0.6 is 0 Å². The zero-order chi connectivity index (χ0) is 12.3. The van der Waals surface area contributed by atoms with E-state index in [-0.39, 0.29) is 17.8 Å². The van der Waals surface area contributed by atoms with Gasteiger partial charge < -0.3 is 4.57 Å². The van der Waals surface area contributed by atoms with E-state index in [0.29, 0.717) is 6.54 Å². The van der Waals surface area contributed by atoms with Gasteiger partial charge in [-0.15, -0.1) is 0 Å². The van der Waals surface area contributed by atoms with E-state index in [1.807, 2.05) is 6.92 Å². The van der Waals surface area contributed by atoms with E-state index < -0.39 is 0 Å². The van der Waals surface area contributed by atoms with Crippen LogP contribution in [0.1, 0.15) is 12.5 Å². The molecule has 0 saturated carbocycles. The van der Waals surface area contributed by atoms with Crippen molar-refractivity contribution >= 4 is 0 Å². The predicted octanol–water partition coefficient (Wildman–Crippen LogP) is 0.473. The summed E-state index contributed by atoms with van der Waals surface area (Å²) < 4.78 is 2.72. The van der Waals surface area contributed by atoms with E-state index in [1.165, 1.54) is 21.4 Å². The van der Waals surface area contributed by atoms with Gasteiger partial charge in [-0.2, -0.15) is 0 Å². The SMILES string of the molecule is CCn1ccc(=O)n(Cc2ccncc2)c1=O. The Labute approximate surface area is 98.0 Å². The standard InChI is InChI=1S/C12H13N3O2/c1-2-14-8-5-11(16)15(12(14)17)9-10-3-6-13-7-4-10/h3-8H,2,9H2,1H3. The highest BCUT2D eigenvalue weighted by molar-refractivity contribution is 5.10. The van der Waals surface area contributed by atoms with Crippen LogP contribution in [0.5, 0.6) is 0 Å². The molecule has 0 atom stereocenters. The highest BCUT2D eigenvalue weighted by atomic mass is 16.2. The van der Waals surface area contributed by atoms with Crippen molar-refractivity contribution in [2.75, 3.05) is 0 Å². The fraction of sp³-hybridized carbons (Fsp3) is 0.250. The highest BCUT2D eigenvalue weighted by Crippen LogP contribution is 1.96. The second-order valence-corrected chi connectivity index (χ2v) is 3.66. The summed E-state index contributed by atoms with van der Waals surface area (Å²) in [4.78, 5) is 27.5. The van der Waals surface area contributed by atoms with Gasteiger partial charge in [-0.25, -0.2) is 4.79 Å². The Hall–Kier alpha value is -2.17. The van der Waals surface area contributed by atoms with Gasteiger partial charge in [0.25, 0.3) is 5.56 Å². The Kier molecular flexibility index (Phi) is 3.18.